The Morgan fingerprint density at radius 2 is 1.00 bits per heavy atom. The van der Waals surface area contributed by atoms with Crippen molar-refractivity contribution < 1.29 is 0 Å². The van der Waals surface area contributed by atoms with Crippen molar-refractivity contribution in [3.05, 3.63) is 0 Å². The molecule has 0 radical (unpaired) electrons. The summed E-state index contributed by atoms with van der Waals surface area (Å²) in [5, 5.41) is 0. The lowest BCUT2D eigenvalue weighted by Crippen LogP contribution is -2.07. The Bertz CT molecular complexity index is 104. The van der Waals surface area contributed by atoms with Gasteiger partial charge in [0.2, 0.25) is 0 Å². The van der Waals surface area contributed by atoms with Crippen LogP contribution in [-0.4, -0.2) is 17.3 Å². The fraction of sp³-hybridized carbons (Fsp3) is 1.00. The van der Waals surface area contributed by atoms with E-state index in [2.05, 4.69) is 42.0 Å². The molecular formula is C12H27IS. The smallest absolute Gasteiger partial charge is 0.0144 e. The number of rotatable bonds is 9. The molecule has 0 aromatic carbocycles. The van der Waals surface area contributed by atoms with Gasteiger partial charge in [-0.05, 0) is 57.7 Å². The van der Waals surface area contributed by atoms with E-state index in [4.69, 9.17) is 0 Å². The molecule has 0 saturated heterocycles. The van der Waals surface area contributed by atoms with Gasteiger partial charge in [0.25, 0.3) is 0 Å². The van der Waals surface area contributed by atoms with Gasteiger partial charge in [0, 0.05) is 0 Å². The lowest BCUT2D eigenvalue weighted by molar-refractivity contribution is 0.855. The molecule has 0 aromatic rings. The maximum atomic E-state index is 2.83. The van der Waals surface area contributed by atoms with Crippen molar-refractivity contribution in [2.75, 3.05) is 17.3 Å². The third kappa shape index (κ3) is 7.38. The van der Waals surface area contributed by atoms with Crippen LogP contribution in [0, 0.1) is 0 Å². The molecule has 0 aliphatic rings. The molecule has 0 saturated carbocycles. The Hall–Kier alpha value is 1.08. The van der Waals surface area contributed by atoms with Crippen molar-refractivity contribution in [3.63, 3.8) is 0 Å². The molecule has 0 aliphatic heterocycles. The summed E-state index contributed by atoms with van der Waals surface area (Å²) in [4.78, 5) is 0. The second-order valence-corrected chi connectivity index (χ2v) is 12.8. The van der Waals surface area contributed by atoms with Crippen LogP contribution in [0.3, 0.4) is 0 Å². The molecule has 14 heavy (non-hydrogen) atoms. The summed E-state index contributed by atoms with van der Waals surface area (Å²) in [7, 11) is -0.255. The molecule has 0 fully saturated rings. The zero-order valence-corrected chi connectivity index (χ0v) is 13.1. The first-order valence-electron chi connectivity index (χ1n) is 6.14. The van der Waals surface area contributed by atoms with Gasteiger partial charge < -0.3 is 0 Å². The van der Waals surface area contributed by atoms with Crippen molar-refractivity contribution >= 4 is 28.4 Å². The zero-order valence-electron chi connectivity index (χ0n) is 10.2. The van der Waals surface area contributed by atoms with Gasteiger partial charge in [0.05, 0.1) is 0 Å². The SMILES string of the molecule is CCCCS(I)(CCCC)CCCC. The molecule has 0 heterocycles. The van der Waals surface area contributed by atoms with E-state index in [0.29, 0.717) is 0 Å². The molecule has 0 nitrogen and oxygen atoms in total. The average Bonchev–Trinajstić information content (AvgIpc) is 2.21. The average molecular weight is 330 g/mol. The highest BCUT2D eigenvalue weighted by atomic mass is 127. The van der Waals surface area contributed by atoms with Gasteiger partial charge in [0.15, 0.2) is 0 Å². The van der Waals surface area contributed by atoms with E-state index >= 15 is 0 Å². The van der Waals surface area contributed by atoms with E-state index in [1.807, 2.05) is 0 Å². The molecule has 0 atom stereocenters. The van der Waals surface area contributed by atoms with Crippen LogP contribution in [0.4, 0.5) is 0 Å². The fourth-order valence-electron chi connectivity index (χ4n) is 1.52. The first-order valence-corrected chi connectivity index (χ1v) is 10.8. The number of hydrogen-bond donors (Lipinski definition) is 0. The van der Waals surface area contributed by atoms with Crippen LogP contribution < -0.4 is 0 Å². The highest BCUT2D eigenvalue weighted by Gasteiger charge is 2.18. The van der Waals surface area contributed by atoms with Gasteiger partial charge in [-0.25, -0.2) is 0 Å². The second-order valence-electron chi connectivity index (χ2n) is 4.11. The van der Waals surface area contributed by atoms with Crippen LogP contribution >= 0.6 is 28.4 Å². The van der Waals surface area contributed by atoms with Crippen LogP contribution in [0.1, 0.15) is 59.3 Å². The van der Waals surface area contributed by atoms with Crippen molar-refractivity contribution in [1.82, 2.24) is 0 Å². The van der Waals surface area contributed by atoms with Gasteiger partial charge in [-0.3, -0.25) is 0 Å². The van der Waals surface area contributed by atoms with E-state index in [9.17, 15) is 0 Å². The summed E-state index contributed by atoms with van der Waals surface area (Å²) in [5.41, 5.74) is 0. The molecule has 0 amide bonds. The molecule has 0 spiro atoms. The standard InChI is InChI=1S/C12H27IS/c1-4-7-10-14(13,11-8-5-2)12-9-6-3/h4-12H2,1-3H3. The van der Waals surface area contributed by atoms with E-state index in [0.717, 1.165) is 0 Å². The van der Waals surface area contributed by atoms with E-state index < -0.39 is 0 Å². The van der Waals surface area contributed by atoms with E-state index in [1.165, 1.54) is 55.8 Å². The molecular weight excluding hydrogens is 303 g/mol. The lowest BCUT2D eigenvalue weighted by atomic mass is 10.4. The molecule has 0 aliphatic carbocycles. The first kappa shape index (κ1) is 15.1. The molecule has 2 heteroatoms. The van der Waals surface area contributed by atoms with Gasteiger partial charge >= 0.3 is 0 Å². The van der Waals surface area contributed by atoms with Crippen LogP contribution in [0.25, 0.3) is 0 Å². The third-order valence-corrected chi connectivity index (χ3v) is 9.62. The summed E-state index contributed by atoms with van der Waals surface area (Å²) in [6.07, 6.45) is 8.46. The minimum absolute atomic E-state index is 0.255. The molecule has 0 aromatic heterocycles. The summed E-state index contributed by atoms with van der Waals surface area (Å²) in [5.74, 6) is 4.55. The van der Waals surface area contributed by atoms with Crippen LogP contribution in [0.5, 0.6) is 0 Å². The minimum Gasteiger partial charge on any atom is -0.187 e. The van der Waals surface area contributed by atoms with E-state index in [1.54, 1.807) is 0 Å². The fourth-order valence-corrected chi connectivity index (χ4v) is 7.35. The molecule has 88 valence electrons. The Labute approximate surface area is 105 Å². The number of halogens is 1. The molecule has 0 unspecified atom stereocenters. The predicted octanol–water partition coefficient (Wildman–Crippen LogP) is 5.54. The van der Waals surface area contributed by atoms with Gasteiger partial charge in [-0.1, -0.05) is 40.0 Å². The number of unbranched alkanes of at least 4 members (excludes halogenated alkanes) is 3. The molecule has 0 bridgehead atoms. The maximum Gasteiger partial charge on any atom is -0.0144 e. The minimum atomic E-state index is -0.255. The van der Waals surface area contributed by atoms with Crippen LogP contribution in [0.15, 0.2) is 0 Å². The third-order valence-electron chi connectivity index (χ3n) is 2.59. The predicted molar refractivity (Wildman–Crippen MR) is 80.9 cm³/mol. The highest BCUT2D eigenvalue weighted by molar-refractivity contribution is 14.2. The second kappa shape index (κ2) is 9.32. The topological polar surface area (TPSA) is 0 Å². The Morgan fingerprint density at radius 1 is 0.714 bits per heavy atom. The largest absolute Gasteiger partial charge is 0.187 e. The van der Waals surface area contributed by atoms with Crippen LogP contribution in [-0.2, 0) is 0 Å². The molecule has 0 N–H and O–H groups in total. The van der Waals surface area contributed by atoms with Gasteiger partial charge in [0.1, 0.15) is 0 Å². The summed E-state index contributed by atoms with van der Waals surface area (Å²) in [6, 6.07) is 0. The van der Waals surface area contributed by atoms with Crippen LogP contribution in [0.2, 0.25) is 0 Å². The monoisotopic (exact) mass is 330 g/mol. The van der Waals surface area contributed by atoms with Crippen molar-refractivity contribution in [2.45, 2.75) is 59.3 Å². The lowest BCUT2D eigenvalue weighted by Gasteiger charge is -2.33. The Balaban J connectivity index is 3.89. The Kier molecular flexibility index (Phi) is 10.0. The number of hydrogen-bond acceptors (Lipinski definition) is 0. The van der Waals surface area contributed by atoms with Crippen molar-refractivity contribution in [1.29, 1.82) is 0 Å². The first-order chi connectivity index (χ1) is 6.68. The summed E-state index contributed by atoms with van der Waals surface area (Å²) in [6.45, 7) is 6.95. The quantitative estimate of drug-likeness (QED) is 0.487. The van der Waals surface area contributed by atoms with Crippen molar-refractivity contribution in [3.8, 4) is 0 Å². The zero-order chi connectivity index (χ0) is 10.9. The maximum absolute atomic E-state index is 2.83. The van der Waals surface area contributed by atoms with E-state index in [-0.39, 0.29) is 7.20 Å². The summed E-state index contributed by atoms with van der Waals surface area (Å²) >= 11 is 2.83. The van der Waals surface area contributed by atoms with Crippen molar-refractivity contribution in [2.24, 2.45) is 0 Å². The summed E-state index contributed by atoms with van der Waals surface area (Å²) < 4.78 is 0. The van der Waals surface area contributed by atoms with Gasteiger partial charge in [-0.15, -0.1) is 0 Å². The van der Waals surface area contributed by atoms with Gasteiger partial charge in [-0.2, -0.15) is 7.20 Å². The highest BCUT2D eigenvalue weighted by Crippen LogP contribution is 2.58. The Morgan fingerprint density at radius 3 is 1.21 bits per heavy atom. The molecule has 0 rings (SSSR count). The normalized spacial score (nSPS) is 13.1.